The minimum Gasteiger partial charge on any atom is -0.298 e. The Morgan fingerprint density at radius 2 is 1.72 bits per heavy atom. The highest BCUT2D eigenvalue weighted by molar-refractivity contribution is 7.89. The third-order valence-electron chi connectivity index (χ3n) is 2.97. The molecule has 0 aliphatic carbocycles. The molecule has 0 bridgehead atoms. The summed E-state index contributed by atoms with van der Waals surface area (Å²) in [6.07, 6.45) is 1.07. The van der Waals surface area contributed by atoms with Crippen LogP contribution in [0.2, 0.25) is 0 Å². The molecule has 12 heteroatoms. The van der Waals surface area contributed by atoms with Crippen molar-refractivity contribution < 1.29 is 13.3 Å². The van der Waals surface area contributed by atoms with Gasteiger partial charge < -0.3 is 0 Å². The zero-order valence-electron chi connectivity index (χ0n) is 13.7. The van der Waals surface area contributed by atoms with Crippen LogP contribution in [0.1, 0.15) is 5.56 Å². The van der Waals surface area contributed by atoms with Crippen LogP contribution in [-0.4, -0.2) is 42.4 Å². The quantitative estimate of drug-likeness (QED) is 0.480. The average Bonchev–Trinajstić information content (AvgIpc) is 2.52. The van der Waals surface area contributed by atoms with E-state index in [9.17, 15) is 18.5 Å². The molecule has 25 heavy (non-hydrogen) atoms. The second-order valence-corrected chi connectivity index (χ2v) is 6.91. The van der Waals surface area contributed by atoms with Crippen molar-refractivity contribution >= 4 is 27.3 Å². The van der Waals surface area contributed by atoms with Gasteiger partial charge in [0.05, 0.1) is 9.82 Å². The number of hydrazine groups is 2. The first-order valence-electron chi connectivity index (χ1n) is 6.98. The Bertz CT molecular complexity index is 868. The molecule has 0 amide bonds. The molecule has 134 valence electrons. The fourth-order valence-electron chi connectivity index (χ4n) is 1.83. The number of aryl methyl sites for hydroxylation is 1. The maximum Gasteiger partial charge on any atom is 0.355 e. The fraction of sp³-hybridized carbons (Fsp3) is 0.231. The standard InChI is InChI=1S/C13H17N7O4S/c1-9-4-6-10(7-5-9)25(23,24)18-16-12-11(20(21)22)13(15-8-14-12)17-19(2)3/h4-8,18H,1-3H3,(H2,14,15,16,17). The van der Waals surface area contributed by atoms with Crippen molar-refractivity contribution in [1.82, 2.24) is 19.8 Å². The van der Waals surface area contributed by atoms with Gasteiger partial charge in [0, 0.05) is 14.1 Å². The van der Waals surface area contributed by atoms with E-state index in [1.165, 1.54) is 17.1 Å². The molecular weight excluding hydrogens is 350 g/mol. The van der Waals surface area contributed by atoms with Gasteiger partial charge in [-0.3, -0.25) is 21.0 Å². The first-order chi connectivity index (χ1) is 11.7. The number of anilines is 2. The Morgan fingerprint density at radius 3 is 2.28 bits per heavy atom. The second kappa shape index (κ2) is 7.38. The number of hydrogen-bond acceptors (Lipinski definition) is 9. The number of nitrogens with zero attached hydrogens (tertiary/aromatic N) is 4. The molecule has 0 aliphatic heterocycles. The third kappa shape index (κ3) is 4.59. The molecule has 1 heterocycles. The molecule has 0 unspecified atom stereocenters. The number of hydrogen-bond donors (Lipinski definition) is 3. The molecule has 1 aromatic carbocycles. The summed E-state index contributed by atoms with van der Waals surface area (Å²) >= 11 is 0. The predicted molar refractivity (Wildman–Crippen MR) is 91.1 cm³/mol. The number of nitrogens with one attached hydrogen (secondary N) is 3. The predicted octanol–water partition coefficient (Wildman–Crippen LogP) is 0.887. The normalized spacial score (nSPS) is 11.4. The minimum absolute atomic E-state index is 0.00829. The number of nitro groups is 1. The largest absolute Gasteiger partial charge is 0.355 e. The molecule has 3 N–H and O–H groups in total. The van der Waals surface area contributed by atoms with Gasteiger partial charge in [-0.2, -0.15) is 0 Å². The summed E-state index contributed by atoms with van der Waals surface area (Å²) in [5, 5.41) is 12.8. The molecular formula is C13H17N7O4S. The van der Waals surface area contributed by atoms with Crippen molar-refractivity contribution in [2.45, 2.75) is 11.8 Å². The summed E-state index contributed by atoms with van der Waals surface area (Å²) in [5.41, 5.74) is 5.33. The lowest BCUT2D eigenvalue weighted by Crippen LogP contribution is -2.31. The average molecular weight is 367 g/mol. The molecule has 0 atom stereocenters. The molecule has 0 radical (unpaired) electrons. The summed E-state index contributed by atoms with van der Waals surface area (Å²) in [6.45, 7) is 1.83. The molecule has 2 rings (SSSR count). The van der Waals surface area contributed by atoms with Crippen molar-refractivity contribution in [2.75, 3.05) is 24.9 Å². The number of benzene rings is 1. The van der Waals surface area contributed by atoms with Gasteiger partial charge in [0.25, 0.3) is 10.0 Å². The van der Waals surface area contributed by atoms with Gasteiger partial charge in [-0.05, 0) is 19.1 Å². The zero-order chi connectivity index (χ0) is 18.6. The van der Waals surface area contributed by atoms with Crippen molar-refractivity contribution in [3.63, 3.8) is 0 Å². The number of sulfonamides is 1. The molecule has 2 aromatic rings. The van der Waals surface area contributed by atoms with E-state index in [-0.39, 0.29) is 16.5 Å². The van der Waals surface area contributed by atoms with Crippen LogP contribution in [0.4, 0.5) is 17.3 Å². The van der Waals surface area contributed by atoms with Crippen molar-refractivity contribution in [3.8, 4) is 0 Å². The highest BCUT2D eigenvalue weighted by atomic mass is 32.2. The topological polar surface area (TPSA) is 142 Å². The van der Waals surface area contributed by atoms with Crippen LogP contribution in [0.3, 0.4) is 0 Å². The van der Waals surface area contributed by atoms with Gasteiger partial charge in [0.15, 0.2) is 0 Å². The maximum atomic E-state index is 12.2. The Balaban J connectivity index is 2.28. The Labute approximate surface area is 144 Å². The van der Waals surface area contributed by atoms with Gasteiger partial charge in [0.1, 0.15) is 6.33 Å². The maximum absolute atomic E-state index is 12.2. The van der Waals surface area contributed by atoms with E-state index in [0.717, 1.165) is 11.9 Å². The Morgan fingerprint density at radius 1 is 1.12 bits per heavy atom. The Kier molecular flexibility index (Phi) is 5.46. The molecule has 0 spiro atoms. The molecule has 0 saturated heterocycles. The van der Waals surface area contributed by atoms with Crippen LogP contribution >= 0.6 is 0 Å². The summed E-state index contributed by atoms with van der Waals surface area (Å²) < 4.78 is 24.5. The summed E-state index contributed by atoms with van der Waals surface area (Å²) in [6, 6.07) is 6.13. The Hall–Kier alpha value is -2.83. The molecule has 1 aromatic heterocycles. The molecule has 0 aliphatic rings. The van der Waals surface area contributed by atoms with Gasteiger partial charge in [-0.25, -0.2) is 23.4 Å². The van der Waals surface area contributed by atoms with E-state index in [1.54, 1.807) is 26.2 Å². The molecule has 0 fully saturated rings. The van der Waals surface area contributed by atoms with E-state index in [4.69, 9.17) is 0 Å². The number of aromatic nitrogens is 2. The van der Waals surface area contributed by atoms with Gasteiger partial charge in [-0.1, -0.05) is 17.7 Å². The van der Waals surface area contributed by atoms with E-state index in [2.05, 4.69) is 25.7 Å². The van der Waals surface area contributed by atoms with Crippen molar-refractivity contribution in [3.05, 3.63) is 46.3 Å². The lowest BCUT2D eigenvalue weighted by atomic mass is 10.2. The van der Waals surface area contributed by atoms with Gasteiger partial charge in [0.2, 0.25) is 11.6 Å². The number of rotatable bonds is 7. The first kappa shape index (κ1) is 18.5. The first-order valence-corrected chi connectivity index (χ1v) is 8.47. The monoisotopic (exact) mass is 367 g/mol. The van der Waals surface area contributed by atoms with Crippen LogP contribution in [-0.2, 0) is 10.0 Å². The van der Waals surface area contributed by atoms with Crippen molar-refractivity contribution in [1.29, 1.82) is 0 Å². The van der Waals surface area contributed by atoms with E-state index >= 15 is 0 Å². The van der Waals surface area contributed by atoms with Crippen LogP contribution in [0.25, 0.3) is 0 Å². The van der Waals surface area contributed by atoms with E-state index < -0.39 is 20.6 Å². The molecule has 11 nitrogen and oxygen atoms in total. The minimum atomic E-state index is -3.93. The van der Waals surface area contributed by atoms with Crippen LogP contribution in [0, 0.1) is 17.0 Å². The van der Waals surface area contributed by atoms with Crippen LogP contribution in [0.5, 0.6) is 0 Å². The van der Waals surface area contributed by atoms with E-state index in [1.807, 2.05) is 6.92 Å². The van der Waals surface area contributed by atoms with Gasteiger partial charge in [-0.15, -0.1) is 4.83 Å². The highest BCUT2D eigenvalue weighted by Crippen LogP contribution is 2.28. The smallest absolute Gasteiger partial charge is 0.298 e. The van der Waals surface area contributed by atoms with Crippen LogP contribution < -0.4 is 15.7 Å². The third-order valence-corrected chi connectivity index (χ3v) is 4.23. The fourth-order valence-corrected chi connectivity index (χ4v) is 2.67. The zero-order valence-corrected chi connectivity index (χ0v) is 14.5. The lowest BCUT2D eigenvalue weighted by molar-refractivity contribution is -0.383. The summed E-state index contributed by atoms with van der Waals surface area (Å²) in [5.74, 6) is -0.373. The van der Waals surface area contributed by atoms with E-state index in [0.29, 0.717) is 0 Å². The summed E-state index contributed by atoms with van der Waals surface area (Å²) in [7, 11) is -0.680. The van der Waals surface area contributed by atoms with Crippen LogP contribution in [0.15, 0.2) is 35.5 Å². The SMILES string of the molecule is Cc1ccc(S(=O)(=O)NNc2ncnc(NN(C)C)c2[N+](=O)[O-])cc1. The summed E-state index contributed by atoms with van der Waals surface area (Å²) in [4.78, 5) is 20.2. The van der Waals surface area contributed by atoms with Gasteiger partial charge >= 0.3 is 5.69 Å². The molecule has 0 saturated carbocycles. The van der Waals surface area contributed by atoms with Crippen molar-refractivity contribution in [2.24, 2.45) is 0 Å². The lowest BCUT2D eigenvalue weighted by Gasteiger charge is -2.14. The highest BCUT2D eigenvalue weighted by Gasteiger charge is 2.25. The second-order valence-electron chi connectivity index (χ2n) is 5.23.